The molecule has 2 heterocycles. The molecular formula is C19H22ClN5O. The second-order valence-electron chi connectivity index (χ2n) is 6.43. The second-order valence-corrected chi connectivity index (χ2v) is 6.43. The van der Waals surface area contributed by atoms with Gasteiger partial charge in [0, 0.05) is 11.1 Å². The summed E-state index contributed by atoms with van der Waals surface area (Å²) in [5.74, 6) is -0.214. The number of nitrogens with zero attached hydrogens (tertiary/aromatic N) is 3. The minimum Gasteiger partial charge on any atom is -0.320 e. The topological polar surface area (TPSA) is 71.8 Å². The lowest BCUT2D eigenvalue weighted by Gasteiger charge is -2.23. The number of halogens is 1. The van der Waals surface area contributed by atoms with Crippen molar-refractivity contribution in [3.8, 4) is 0 Å². The van der Waals surface area contributed by atoms with Crippen LogP contribution in [0.5, 0.6) is 0 Å². The molecule has 1 fully saturated rings. The van der Waals surface area contributed by atoms with Crippen LogP contribution in [0.1, 0.15) is 35.1 Å². The van der Waals surface area contributed by atoms with Crippen LogP contribution in [0, 0.1) is 6.92 Å². The molecule has 2 N–H and O–H groups in total. The van der Waals surface area contributed by atoms with Gasteiger partial charge in [-0.2, -0.15) is 0 Å². The first-order valence-corrected chi connectivity index (χ1v) is 8.65. The normalized spacial score (nSPS) is 14.8. The first kappa shape index (κ1) is 18.4. The van der Waals surface area contributed by atoms with Crippen LogP contribution in [0.3, 0.4) is 0 Å². The number of carbonyl (C=O) groups excluding carboxylic acids is 1. The fourth-order valence-electron chi connectivity index (χ4n) is 3.46. The molecular weight excluding hydrogens is 350 g/mol. The maximum Gasteiger partial charge on any atom is 0.278 e. The number of hydrogen-bond donors (Lipinski definition) is 2. The van der Waals surface area contributed by atoms with Gasteiger partial charge in [-0.15, -0.1) is 17.5 Å². The van der Waals surface area contributed by atoms with E-state index in [1.807, 2.05) is 54.1 Å². The third-order valence-corrected chi connectivity index (χ3v) is 4.83. The molecule has 1 aliphatic rings. The van der Waals surface area contributed by atoms with E-state index in [1.165, 1.54) is 0 Å². The highest BCUT2D eigenvalue weighted by molar-refractivity contribution is 6.08. The van der Waals surface area contributed by atoms with Crippen molar-refractivity contribution in [1.29, 1.82) is 0 Å². The van der Waals surface area contributed by atoms with E-state index in [9.17, 15) is 4.79 Å². The predicted octanol–water partition coefficient (Wildman–Crippen LogP) is 3.34. The van der Waals surface area contributed by atoms with Gasteiger partial charge in [0.2, 0.25) is 0 Å². The lowest BCUT2D eigenvalue weighted by atomic mass is 10.1. The van der Waals surface area contributed by atoms with E-state index in [1.54, 1.807) is 0 Å². The van der Waals surface area contributed by atoms with Gasteiger partial charge in [-0.05, 0) is 44.3 Å². The highest BCUT2D eigenvalue weighted by Crippen LogP contribution is 2.24. The summed E-state index contributed by atoms with van der Waals surface area (Å²) < 4.78 is 1.90. The maximum absolute atomic E-state index is 12.7. The Hall–Kier alpha value is -2.44. The highest BCUT2D eigenvalue weighted by atomic mass is 35.5. The van der Waals surface area contributed by atoms with Crippen LogP contribution in [0.25, 0.3) is 10.8 Å². The Morgan fingerprint density at radius 2 is 1.88 bits per heavy atom. The van der Waals surface area contributed by atoms with Crippen LogP contribution in [0.15, 0.2) is 42.5 Å². The van der Waals surface area contributed by atoms with Crippen LogP contribution < -0.4 is 10.6 Å². The molecule has 0 unspecified atom stereocenters. The smallest absolute Gasteiger partial charge is 0.278 e. The Morgan fingerprint density at radius 1 is 1.15 bits per heavy atom. The van der Waals surface area contributed by atoms with Crippen LogP contribution in [0.2, 0.25) is 0 Å². The Kier molecular flexibility index (Phi) is 5.54. The first-order valence-electron chi connectivity index (χ1n) is 8.65. The van der Waals surface area contributed by atoms with Gasteiger partial charge in [-0.3, -0.25) is 4.79 Å². The molecule has 6 nitrogen and oxygen atoms in total. The van der Waals surface area contributed by atoms with Crippen LogP contribution >= 0.6 is 12.4 Å². The molecule has 26 heavy (non-hydrogen) atoms. The van der Waals surface area contributed by atoms with Gasteiger partial charge in [0.05, 0.1) is 11.7 Å². The van der Waals surface area contributed by atoms with Gasteiger partial charge in [-0.25, -0.2) is 4.68 Å². The lowest BCUT2D eigenvalue weighted by Crippen LogP contribution is -2.30. The third-order valence-electron chi connectivity index (χ3n) is 4.83. The number of benzene rings is 2. The largest absolute Gasteiger partial charge is 0.320 e. The van der Waals surface area contributed by atoms with Gasteiger partial charge in [-0.1, -0.05) is 41.6 Å². The monoisotopic (exact) mass is 371 g/mol. The number of aromatic nitrogens is 3. The van der Waals surface area contributed by atoms with E-state index < -0.39 is 0 Å². The molecule has 0 radical (unpaired) electrons. The number of piperidine rings is 1. The van der Waals surface area contributed by atoms with Crippen molar-refractivity contribution < 1.29 is 4.79 Å². The number of fused-ring (bicyclic) bond motifs is 1. The van der Waals surface area contributed by atoms with E-state index in [0.717, 1.165) is 48.1 Å². The molecule has 3 aromatic rings. The zero-order chi connectivity index (χ0) is 17.2. The number of nitrogens with one attached hydrogen (secondary N) is 2. The Labute approximate surface area is 158 Å². The number of amides is 1. The maximum atomic E-state index is 12.7. The Bertz CT molecular complexity index is 912. The van der Waals surface area contributed by atoms with Crippen molar-refractivity contribution in [2.45, 2.75) is 25.8 Å². The van der Waals surface area contributed by atoms with Gasteiger partial charge in [0.25, 0.3) is 5.91 Å². The summed E-state index contributed by atoms with van der Waals surface area (Å²) in [7, 11) is 0. The number of carbonyl (C=O) groups is 1. The molecule has 0 aliphatic carbocycles. The molecule has 0 atom stereocenters. The van der Waals surface area contributed by atoms with E-state index in [0.29, 0.717) is 11.7 Å². The van der Waals surface area contributed by atoms with E-state index in [-0.39, 0.29) is 18.3 Å². The standard InChI is InChI=1S/C19H21N5O.ClH/c1-13-18(22-23-24(13)15-9-11-20-12-10-15)19(25)21-17-8-4-6-14-5-2-3-7-16(14)17;/h2-8,15,20H,9-12H2,1H3,(H,21,25);1H. The fourth-order valence-corrected chi connectivity index (χ4v) is 3.46. The second kappa shape index (κ2) is 7.85. The van der Waals surface area contributed by atoms with Gasteiger partial charge in [0.15, 0.2) is 5.69 Å². The molecule has 1 aromatic heterocycles. The summed E-state index contributed by atoms with van der Waals surface area (Å²) in [5.41, 5.74) is 2.01. The van der Waals surface area contributed by atoms with Gasteiger partial charge >= 0.3 is 0 Å². The lowest BCUT2D eigenvalue weighted by molar-refractivity contribution is 0.102. The van der Waals surface area contributed by atoms with Crippen LogP contribution in [-0.4, -0.2) is 34.0 Å². The molecule has 0 spiro atoms. The summed E-state index contributed by atoms with van der Waals surface area (Å²) >= 11 is 0. The molecule has 7 heteroatoms. The Morgan fingerprint density at radius 3 is 2.69 bits per heavy atom. The average Bonchev–Trinajstić information content (AvgIpc) is 3.04. The molecule has 4 rings (SSSR count). The molecule has 1 amide bonds. The minimum atomic E-state index is -0.214. The van der Waals surface area contributed by atoms with Crippen molar-refractivity contribution in [1.82, 2.24) is 20.3 Å². The molecule has 1 aliphatic heterocycles. The van der Waals surface area contributed by atoms with Crippen molar-refractivity contribution in [3.05, 3.63) is 53.9 Å². The van der Waals surface area contributed by atoms with E-state index >= 15 is 0 Å². The predicted molar refractivity (Wildman–Crippen MR) is 105 cm³/mol. The zero-order valence-electron chi connectivity index (χ0n) is 14.6. The summed E-state index contributed by atoms with van der Waals surface area (Å²) in [4.78, 5) is 12.7. The Balaban J connectivity index is 0.00000196. The zero-order valence-corrected chi connectivity index (χ0v) is 15.4. The SMILES string of the molecule is Cc1c(C(=O)Nc2cccc3ccccc23)nnn1C1CCNCC1.Cl. The van der Waals surface area contributed by atoms with Crippen LogP contribution in [0.4, 0.5) is 5.69 Å². The summed E-state index contributed by atoms with van der Waals surface area (Å²) in [5, 5.41) is 16.8. The van der Waals surface area contributed by atoms with Crippen LogP contribution in [-0.2, 0) is 0 Å². The van der Waals surface area contributed by atoms with Gasteiger partial charge in [0.1, 0.15) is 0 Å². The number of hydrogen-bond acceptors (Lipinski definition) is 4. The highest BCUT2D eigenvalue weighted by Gasteiger charge is 2.23. The van der Waals surface area contributed by atoms with Crippen molar-refractivity contribution in [2.24, 2.45) is 0 Å². The quantitative estimate of drug-likeness (QED) is 0.740. The first-order chi connectivity index (χ1) is 12.2. The van der Waals surface area contributed by atoms with Crippen molar-refractivity contribution in [2.75, 3.05) is 18.4 Å². The van der Waals surface area contributed by atoms with Crippen molar-refractivity contribution in [3.63, 3.8) is 0 Å². The molecule has 1 saturated heterocycles. The third kappa shape index (κ3) is 3.43. The van der Waals surface area contributed by atoms with Crippen molar-refractivity contribution >= 4 is 34.8 Å². The van der Waals surface area contributed by atoms with E-state index in [4.69, 9.17) is 0 Å². The number of anilines is 1. The molecule has 0 saturated carbocycles. The number of rotatable bonds is 3. The molecule has 2 aromatic carbocycles. The molecule has 136 valence electrons. The summed E-state index contributed by atoms with van der Waals surface area (Å²) in [6.45, 7) is 3.86. The molecule has 0 bridgehead atoms. The summed E-state index contributed by atoms with van der Waals surface area (Å²) in [6.07, 6.45) is 2.02. The fraction of sp³-hybridized carbons (Fsp3) is 0.316. The van der Waals surface area contributed by atoms with Gasteiger partial charge < -0.3 is 10.6 Å². The van der Waals surface area contributed by atoms with E-state index in [2.05, 4.69) is 20.9 Å². The average molecular weight is 372 g/mol. The summed E-state index contributed by atoms with van der Waals surface area (Å²) in [6, 6.07) is 14.2. The minimum absolute atomic E-state index is 0.